The highest BCUT2D eigenvalue weighted by Gasteiger charge is 2.21. The summed E-state index contributed by atoms with van der Waals surface area (Å²) in [6.07, 6.45) is 0.607. The predicted octanol–water partition coefficient (Wildman–Crippen LogP) is 2.96. The van der Waals surface area contributed by atoms with E-state index in [1.54, 1.807) is 12.1 Å². The van der Waals surface area contributed by atoms with E-state index in [0.29, 0.717) is 6.42 Å². The van der Waals surface area contributed by atoms with Crippen molar-refractivity contribution in [2.24, 2.45) is 5.92 Å². The van der Waals surface area contributed by atoms with Crippen LogP contribution in [0.5, 0.6) is 0 Å². The highest BCUT2D eigenvalue weighted by molar-refractivity contribution is 5.86. The van der Waals surface area contributed by atoms with Crippen LogP contribution in [-0.4, -0.2) is 17.9 Å². The molecule has 0 aliphatic heterocycles. The Bertz CT molecular complexity index is 384. The quantitative estimate of drug-likeness (QED) is 0.842. The molecule has 2 nitrogen and oxygen atoms in total. The Morgan fingerprint density at radius 2 is 1.72 bits per heavy atom. The standard InChI is InChI=1S/C15H22FNO/c1-10(2)15(18)14(17-11(3)4)9-12-5-7-13(16)8-6-12/h5-8,10-11,14,17H,9H2,1-4H3/t14-/m1/s1. The van der Waals surface area contributed by atoms with E-state index in [0.717, 1.165) is 5.56 Å². The lowest BCUT2D eigenvalue weighted by Gasteiger charge is -2.22. The van der Waals surface area contributed by atoms with E-state index in [1.807, 2.05) is 27.7 Å². The summed E-state index contributed by atoms with van der Waals surface area (Å²) in [5.41, 5.74) is 0.976. The number of nitrogens with one attached hydrogen (secondary N) is 1. The van der Waals surface area contributed by atoms with Crippen molar-refractivity contribution in [3.63, 3.8) is 0 Å². The number of ketones is 1. The Morgan fingerprint density at radius 1 is 1.17 bits per heavy atom. The van der Waals surface area contributed by atoms with E-state index >= 15 is 0 Å². The largest absolute Gasteiger partial charge is 0.305 e. The molecule has 18 heavy (non-hydrogen) atoms. The van der Waals surface area contributed by atoms with Gasteiger partial charge in [-0.3, -0.25) is 4.79 Å². The van der Waals surface area contributed by atoms with Crippen molar-refractivity contribution in [1.82, 2.24) is 5.32 Å². The van der Waals surface area contributed by atoms with Crippen LogP contribution in [0.1, 0.15) is 33.3 Å². The van der Waals surface area contributed by atoms with Crippen molar-refractivity contribution in [3.05, 3.63) is 35.6 Å². The van der Waals surface area contributed by atoms with E-state index in [9.17, 15) is 9.18 Å². The summed E-state index contributed by atoms with van der Waals surface area (Å²) in [6, 6.07) is 6.38. The lowest BCUT2D eigenvalue weighted by molar-refractivity contribution is -0.124. The van der Waals surface area contributed by atoms with Crippen LogP contribution in [0.25, 0.3) is 0 Å². The van der Waals surface area contributed by atoms with Crippen molar-refractivity contribution in [3.8, 4) is 0 Å². The Labute approximate surface area is 109 Å². The molecule has 1 atom stereocenters. The molecule has 1 rings (SSSR count). The second-order valence-corrected chi connectivity index (χ2v) is 5.26. The second-order valence-electron chi connectivity index (χ2n) is 5.26. The third-order valence-electron chi connectivity index (χ3n) is 2.80. The molecule has 0 amide bonds. The van der Waals surface area contributed by atoms with Gasteiger partial charge in [0.1, 0.15) is 5.82 Å². The maximum atomic E-state index is 12.8. The number of carbonyl (C=O) groups excluding carboxylic acids is 1. The van der Waals surface area contributed by atoms with Crippen LogP contribution in [0.4, 0.5) is 4.39 Å². The number of Topliss-reactive ketones (excluding diaryl/α,β-unsaturated/α-hetero) is 1. The van der Waals surface area contributed by atoms with E-state index < -0.39 is 0 Å². The van der Waals surface area contributed by atoms with Crippen molar-refractivity contribution >= 4 is 5.78 Å². The van der Waals surface area contributed by atoms with Crippen LogP contribution in [0.15, 0.2) is 24.3 Å². The van der Waals surface area contributed by atoms with Crippen LogP contribution < -0.4 is 5.32 Å². The summed E-state index contributed by atoms with van der Waals surface area (Å²) in [7, 11) is 0. The van der Waals surface area contributed by atoms with Gasteiger partial charge in [-0.2, -0.15) is 0 Å². The van der Waals surface area contributed by atoms with Gasteiger partial charge in [-0.25, -0.2) is 4.39 Å². The fourth-order valence-corrected chi connectivity index (χ4v) is 1.90. The number of rotatable bonds is 6. The summed E-state index contributed by atoms with van der Waals surface area (Å²) in [6.45, 7) is 7.85. The zero-order valence-corrected chi connectivity index (χ0v) is 11.5. The topological polar surface area (TPSA) is 29.1 Å². The highest BCUT2D eigenvalue weighted by Crippen LogP contribution is 2.10. The van der Waals surface area contributed by atoms with E-state index in [1.165, 1.54) is 12.1 Å². The van der Waals surface area contributed by atoms with Crippen LogP contribution in [-0.2, 0) is 11.2 Å². The molecule has 100 valence electrons. The third-order valence-corrected chi connectivity index (χ3v) is 2.80. The van der Waals surface area contributed by atoms with Crippen molar-refractivity contribution < 1.29 is 9.18 Å². The smallest absolute Gasteiger partial charge is 0.152 e. The van der Waals surface area contributed by atoms with Crippen LogP contribution in [0, 0.1) is 11.7 Å². The van der Waals surface area contributed by atoms with Crippen molar-refractivity contribution in [1.29, 1.82) is 0 Å². The van der Waals surface area contributed by atoms with Gasteiger partial charge in [0.25, 0.3) is 0 Å². The lowest BCUT2D eigenvalue weighted by atomic mass is 9.95. The fourth-order valence-electron chi connectivity index (χ4n) is 1.90. The number of halogens is 1. The van der Waals surface area contributed by atoms with Gasteiger partial charge < -0.3 is 5.32 Å². The molecule has 1 aromatic carbocycles. The zero-order valence-electron chi connectivity index (χ0n) is 11.5. The molecule has 0 aromatic heterocycles. The van der Waals surface area contributed by atoms with Gasteiger partial charge in [-0.15, -0.1) is 0 Å². The molecule has 0 saturated carbocycles. The van der Waals surface area contributed by atoms with Gasteiger partial charge in [0.05, 0.1) is 6.04 Å². The molecule has 0 radical (unpaired) electrons. The van der Waals surface area contributed by atoms with Gasteiger partial charge in [-0.1, -0.05) is 39.8 Å². The van der Waals surface area contributed by atoms with E-state index in [-0.39, 0.29) is 29.6 Å². The summed E-state index contributed by atoms with van der Waals surface area (Å²) in [4.78, 5) is 12.1. The molecule has 0 heterocycles. The summed E-state index contributed by atoms with van der Waals surface area (Å²) < 4.78 is 12.8. The first-order chi connectivity index (χ1) is 8.40. The average Bonchev–Trinajstić information content (AvgIpc) is 2.29. The van der Waals surface area contributed by atoms with Gasteiger partial charge >= 0.3 is 0 Å². The van der Waals surface area contributed by atoms with Gasteiger partial charge in [0.15, 0.2) is 5.78 Å². The minimum Gasteiger partial charge on any atom is -0.305 e. The maximum Gasteiger partial charge on any atom is 0.152 e. The number of benzene rings is 1. The lowest BCUT2D eigenvalue weighted by Crippen LogP contribution is -2.44. The average molecular weight is 251 g/mol. The summed E-state index contributed by atoms with van der Waals surface area (Å²) >= 11 is 0. The monoisotopic (exact) mass is 251 g/mol. The Morgan fingerprint density at radius 3 is 2.17 bits per heavy atom. The predicted molar refractivity (Wildman–Crippen MR) is 72.0 cm³/mol. The van der Waals surface area contributed by atoms with Crippen molar-refractivity contribution in [2.45, 2.75) is 46.2 Å². The molecule has 0 spiro atoms. The van der Waals surface area contributed by atoms with Gasteiger partial charge in [0.2, 0.25) is 0 Å². The Kier molecular flexibility index (Phi) is 5.48. The first kappa shape index (κ1) is 14.8. The summed E-state index contributed by atoms with van der Waals surface area (Å²) in [5, 5.41) is 3.28. The second kappa shape index (κ2) is 6.64. The fraction of sp³-hybridized carbons (Fsp3) is 0.533. The van der Waals surface area contributed by atoms with Gasteiger partial charge in [-0.05, 0) is 24.1 Å². The minimum absolute atomic E-state index is 0.00157. The minimum atomic E-state index is -0.248. The van der Waals surface area contributed by atoms with Crippen LogP contribution in [0.3, 0.4) is 0 Å². The van der Waals surface area contributed by atoms with Crippen LogP contribution in [0.2, 0.25) is 0 Å². The first-order valence-electron chi connectivity index (χ1n) is 6.44. The molecule has 0 aliphatic rings. The molecule has 0 bridgehead atoms. The molecular weight excluding hydrogens is 229 g/mol. The molecule has 0 fully saturated rings. The number of carbonyl (C=O) groups is 1. The van der Waals surface area contributed by atoms with Gasteiger partial charge in [0, 0.05) is 12.0 Å². The Balaban J connectivity index is 2.77. The molecule has 0 unspecified atom stereocenters. The molecular formula is C15H22FNO. The number of hydrogen-bond donors (Lipinski definition) is 1. The zero-order chi connectivity index (χ0) is 13.7. The molecule has 1 aromatic rings. The SMILES string of the molecule is CC(C)N[C@H](Cc1ccc(F)cc1)C(=O)C(C)C. The van der Waals surface area contributed by atoms with Crippen LogP contribution >= 0.6 is 0 Å². The van der Waals surface area contributed by atoms with E-state index in [2.05, 4.69) is 5.32 Å². The molecule has 3 heteroatoms. The molecule has 1 N–H and O–H groups in total. The van der Waals surface area contributed by atoms with Crippen molar-refractivity contribution in [2.75, 3.05) is 0 Å². The van der Waals surface area contributed by atoms with E-state index in [4.69, 9.17) is 0 Å². The highest BCUT2D eigenvalue weighted by atomic mass is 19.1. The molecule has 0 aliphatic carbocycles. The number of hydrogen-bond acceptors (Lipinski definition) is 2. The summed E-state index contributed by atoms with van der Waals surface area (Å²) in [5.74, 6) is -0.0444. The third kappa shape index (κ3) is 4.57. The maximum absolute atomic E-state index is 12.8. The molecule has 0 saturated heterocycles. The first-order valence-corrected chi connectivity index (χ1v) is 6.44. The normalized spacial score (nSPS) is 13.1. The Hall–Kier alpha value is -1.22.